The molecule has 3 fully saturated rings. The number of aliphatic hydroxyl groups excluding tert-OH is 1. The van der Waals surface area contributed by atoms with Gasteiger partial charge in [-0.1, -0.05) is 49.2 Å². The fourth-order valence-electron chi connectivity index (χ4n) is 6.87. The maximum atomic E-state index is 14.5. The Hall–Kier alpha value is -3.23. The van der Waals surface area contributed by atoms with E-state index in [1.54, 1.807) is 22.8 Å². The van der Waals surface area contributed by atoms with Crippen molar-refractivity contribution in [2.75, 3.05) is 31.2 Å². The van der Waals surface area contributed by atoms with Gasteiger partial charge in [-0.2, -0.15) is 0 Å². The fourth-order valence-corrected chi connectivity index (χ4v) is 6.87. The quantitative estimate of drug-likeness (QED) is 0.253. The molecule has 0 aliphatic carbocycles. The van der Waals surface area contributed by atoms with E-state index in [1.807, 2.05) is 42.5 Å². The number of likely N-dealkylation sites (tertiary alicyclic amines) is 1. The van der Waals surface area contributed by atoms with Crippen molar-refractivity contribution in [3.63, 3.8) is 0 Å². The zero-order chi connectivity index (χ0) is 27.6. The van der Waals surface area contributed by atoms with Crippen LogP contribution in [-0.2, 0) is 23.9 Å². The maximum absolute atomic E-state index is 14.5. The van der Waals surface area contributed by atoms with Crippen LogP contribution in [0, 0.1) is 11.8 Å². The average Bonchev–Trinajstić information content (AvgIpc) is 3.58. The molecule has 2 bridgehead atoms. The first-order chi connectivity index (χ1) is 19.0. The lowest BCUT2D eigenvalue weighted by Gasteiger charge is -2.37. The van der Waals surface area contributed by atoms with E-state index in [9.17, 15) is 14.4 Å². The first-order valence-electron chi connectivity index (χ1n) is 14.1. The van der Waals surface area contributed by atoms with Gasteiger partial charge in [-0.05, 0) is 55.5 Å². The van der Waals surface area contributed by atoms with Gasteiger partial charge in [0.05, 0.1) is 24.5 Å². The molecule has 3 heterocycles. The van der Waals surface area contributed by atoms with Gasteiger partial charge in [0.15, 0.2) is 0 Å². The molecule has 208 valence electrons. The number of esters is 1. The number of hydrogen-bond donors (Lipinski definition) is 1. The molecule has 5 rings (SSSR count). The Labute approximate surface area is 229 Å². The zero-order valence-corrected chi connectivity index (χ0v) is 22.6. The summed E-state index contributed by atoms with van der Waals surface area (Å²) in [6, 6.07) is 13.0. The van der Waals surface area contributed by atoms with Crippen LogP contribution in [0.15, 0.2) is 55.1 Å². The van der Waals surface area contributed by atoms with Crippen LogP contribution in [0.25, 0.3) is 10.8 Å². The van der Waals surface area contributed by atoms with E-state index in [4.69, 9.17) is 14.6 Å². The molecule has 0 radical (unpaired) electrons. The van der Waals surface area contributed by atoms with Gasteiger partial charge in [-0.25, -0.2) is 0 Å². The minimum atomic E-state index is -1.06. The van der Waals surface area contributed by atoms with E-state index in [1.165, 1.54) is 0 Å². The summed E-state index contributed by atoms with van der Waals surface area (Å²) in [4.78, 5) is 44.9. The summed E-state index contributed by atoms with van der Waals surface area (Å²) < 4.78 is 11.9. The minimum absolute atomic E-state index is 0.133. The normalized spacial score (nSPS) is 27.1. The standard InChI is InChI=1S/C31H38N2O6/c1-3-17-32(23-14-13-21-11-7-8-12-22(21)20-23)29(36)27-31-16-15-24(39-31)25(30(37)38-4-2)26(31)28(35)33(27)18-9-5-6-10-19-34/h3,7-8,11-14,20,24-27,34H,1,4-6,9-10,15-19H2,2H3/t24-,25+,26+,27?,31?/m1/s1. The number of carbonyl (C=O) groups excluding carboxylic acids is 3. The van der Waals surface area contributed by atoms with Crippen molar-refractivity contribution in [2.24, 2.45) is 11.8 Å². The number of unbranched alkanes of at least 4 members (excludes halogenated alkanes) is 3. The third-order valence-electron chi connectivity index (χ3n) is 8.52. The van der Waals surface area contributed by atoms with Crippen molar-refractivity contribution in [1.29, 1.82) is 0 Å². The highest BCUT2D eigenvalue weighted by atomic mass is 16.6. The van der Waals surface area contributed by atoms with Gasteiger partial charge in [-0.15, -0.1) is 6.58 Å². The number of ether oxygens (including phenoxy) is 2. The molecule has 2 amide bonds. The van der Waals surface area contributed by atoms with Gasteiger partial charge in [0.25, 0.3) is 5.91 Å². The van der Waals surface area contributed by atoms with Crippen LogP contribution >= 0.6 is 0 Å². The molecule has 3 aliphatic rings. The second-order valence-corrected chi connectivity index (χ2v) is 10.7. The minimum Gasteiger partial charge on any atom is -0.466 e. The summed E-state index contributed by atoms with van der Waals surface area (Å²) in [7, 11) is 0. The number of fused-ring (bicyclic) bond motifs is 2. The first-order valence-corrected chi connectivity index (χ1v) is 14.1. The lowest BCUT2D eigenvalue weighted by molar-refractivity contribution is -0.154. The topological polar surface area (TPSA) is 96.4 Å². The number of benzene rings is 2. The van der Waals surface area contributed by atoms with Crippen molar-refractivity contribution in [3.8, 4) is 0 Å². The SMILES string of the molecule is C=CCN(C(=O)C1N(CCCCCCO)C(=O)[C@@H]2[C@@H](C(=O)OCC)[C@H]3CCC12O3)c1ccc2ccccc2c1. The number of carbonyl (C=O) groups is 3. The van der Waals surface area contributed by atoms with Crippen molar-refractivity contribution < 1.29 is 29.0 Å². The third kappa shape index (κ3) is 4.74. The summed E-state index contributed by atoms with van der Waals surface area (Å²) in [5.74, 6) is -2.27. The van der Waals surface area contributed by atoms with Gasteiger partial charge in [0.1, 0.15) is 11.6 Å². The molecule has 1 spiro atoms. The molecule has 3 aliphatic heterocycles. The van der Waals surface area contributed by atoms with E-state index >= 15 is 0 Å². The Morgan fingerprint density at radius 3 is 2.69 bits per heavy atom. The Morgan fingerprint density at radius 1 is 1.18 bits per heavy atom. The molecule has 5 atom stereocenters. The average molecular weight is 535 g/mol. The molecule has 8 nitrogen and oxygen atoms in total. The number of amides is 2. The molecule has 0 saturated carbocycles. The molecule has 8 heteroatoms. The largest absolute Gasteiger partial charge is 0.466 e. The Morgan fingerprint density at radius 2 is 1.95 bits per heavy atom. The molecule has 2 aromatic rings. The van der Waals surface area contributed by atoms with Gasteiger partial charge >= 0.3 is 5.97 Å². The zero-order valence-electron chi connectivity index (χ0n) is 22.6. The van der Waals surface area contributed by atoms with E-state index in [0.717, 1.165) is 29.3 Å². The van der Waals surface area contributed by atoms with Crippen LogP contribution in [0.3, 0.4) is 0 Å². The molecule has 3 saturated heterocycles. The van der Waals surface area contributed by atoms with Crippen molar-refractivity contribution in [2.45, 2.75) is 63.2 Å². The van der Waals surface area contributed by atoms with Gasteiger partial charge < -0.3 is 24.4 Å². The van der Waals surface area contributed by atoms with Gasteiger partial charge in [0.2, 0.25) is 5.91 Å². The van der Waals surface area contributed by atoms with E-state index < -0.39 is 35.6 Å². The predicted molar refractivity (Wildman–Crippen MR) is 148 cm³/mol. The molecular formula is C31H38N2O6. The summed E-state index contributed by atoms with van der Waals surface area (Å²) in [6.07, 6.45) is 5.49. The first kappa shape index (κ1) is 27.3. The number of rotatable bonds is 12. The highest BCUT2D eigenvalue weighted by Gasteiger charge is 2.75. The number of aliphatic hydroxyl groups is 1. The summed E-state index contributed by atoms with van der Waals surface area (Å²) in [6.45, 7) is 6.66. The third-order valence-corrected chi connectivity index (χ3v) is 8.52. The number of nitrogens with zero attached hydrogens (tertiary/aromatic N) is 2. The highest BCUT2D eigenvalue weighted by Crippen LogP contribution is 2.59. The molecule has 0 aromatic heterocycles. The summed E-state index contributed by atoms with van der Waals surface area (Å²) in [5, 5.41) is 11.2. The number of hydrogen-bond acceptors (Lipinski definition) is 6. The fraction of sp³-hybridized carbons (Fsp3) is 0.516. The van der Waals surface area contributed by atoms with Crippen LogP contribution in [0.5, 0.6) is 0 Å². The molecule has 1 N–H and O–H groups in total. The number of anilines is 1. The molecular weight excluding hydrogens is 496 g/mol. The van der Waals surface area contributed by atoms with Gasteiger partial charge in [-0.3, -0.25) is 14.4 Å². The second kappa shape index (κ2) is 11.5. The summed E-state index contributed by atoms with van der Waals surface area (Å²) in [5.41, 5.74) is -0.333. The monoisotopic (exact) mass is 534 g/mol. The van der Waals surface area contributed by atoms with E-state index in [-0.39, 0.29) is 31.6 Å². The molecule has 39 heavy (non-hydrogen) atoms. The van der Waals surface area contributed by atoms with E-state index in [2.05, 4.69) is 6.58 Å². The second-order valence-electron chi connectivity index (χ2n) is 10.7. The smallest absolute Gasteiger partial charge is 0.312 e. The predicted octanol–water partition coefficient (Wildman–Crippen LogP) is 3.85. The van der Waals surface area contributed by atoms with Crippen molar-refractivity contribution in [1.82, 2.24) is 4.90 Å². The van der Waals surface area contributed by atoms with Crippen LogP contribution in [0.4, 0.5) is 5.69 Å². The van der Waals surface area contributed by atoms with Crippen LogP contribution < -0.4 is 4.90 Å². The van der Waals surface area contributed by atoms with E-state index in [0.29, 0.717) is 32.2 Å². The lowest BCUT2D eigenvalue weighted by Crippen LogP contribution is -2.56. The molecule has 2 unspecified atom stereocenters. The summed E-state index contributed by atoms with van der Waals surface area (Å²) >= 11 is 0. The highest BCUT2D eigenvalue weighted by molar-refractivity contribution is 6.05. The Bertz CT molecular complexity index is 1250. The van der Waals surface area contributed by atoms with Crippen LogP contribution in [-0.4, -0.2) is 71.8 Å². The van der Waals surface area contributed by atoms with Gasteiger partial charge in [0, 0.05) is 25.4 Å². The van der Waals surface area contributed by atoms with Crippen molar-refractivity contribution in [3.05, 3.63) is 55.1 Å². The Balaban J connectivity index is 1.51. The molecule has 2 aromatic carbocycles. The van der Waals surface area contributed by atoms with Crippen LogP contribution in [0.2, 0.25) is 0 Å². The Kier molecular flexibility index (Phi) is 8.05. The van der Waals surface area contributed by atoms with Crippen LogP contribution in [0.1, 0.15) is 45.4 Å². The lowest BCUT2D eigenvalue weighted by atomic mass is 9.70. The van der Waals surface area contributed by atoms with Crippen molar-refractivity contribution >= 4 is 34.2 Å². The maximum Gasteiger partial charge on any atom is 0.312 e.